The maximum atomic E-state index is 10.8. The van der Waals surface area contributed by atoms with E-state index in [4.69, 9.17) is 11.6 Å². The molecule has 0 amide bonds. The van der Waals surface area contributed by atoms with Gasteiger partial charge in [-0.1, -0.05) is 24.6 Å². The molecule has 1 aromatic rings. The molecule has 0 aliphatic carbocycles. The molecule has 1 rings (SSSR count). The zero-order chi connectivity index (χ0) is 12.8. The van der Waals surface area contributed by atoms with E-state index >= 15 is 0 Å². The largest absolute Gasteiger partial charge is 0.311 e. The lowest BCUT2D eigenvalue weighted by molar-refractivity contribution is -0.385. The maximum Gasteiger partial charge on any atom is 0.275 e. The Labute approximate surface area is 110 Å². The third-order valence-corrected chi connectivity index (χ3v) is 3.75. The molecule has 1 N–H and O–H groups in total. The van der Waals surface area contributed by atoms with E-state index in [9.17, 15) is 10.1 Å². The van der Waals surface area contributed by atoms with Crippen LogP contribution in [0.15, 0.2) is 18.2 Å². The minimum Gasteiger partial charge on any atom is -0.311 e. The molecule has 0 aliphatic rings. The second kappa shape index (κ2) is 6.83. The van der Waals surface area contributed by atoms with Crippen LogP contribution in [0.4, 0.5) is 5.69 Å². The number of thioether (sulfide) groups is 1. The number of nitro groups is 1. The van der Waals surface area contributed by atoms with Crippen molar-refractivity contribution in [3.05, 3.63) is 38.9 Å². The Hall–Kier alpha value is -0.780. The van der Waals surface area contributed by atoms with E-state index in [-0.39, 0.29) is 5.69 Å². The minimum absolute atomic E-state index is 0.0711. The highest BCUT2D eigenvalue weighted by Gasteiger charge is 2.15. The second-order valence-corrected chi connectivity index (χ2v) is 5.36. The van der Waals surface area contributed by atoms with Crippen molar-refractivity contribution in [3.8, 4) is 0 Å². The van der Waals surface area contributed by atoms with Gasteiger partial charge in [-0.15, -0.1) is 0 Å². The Morgan fingerprint density at radius 3 is 2.88 bits per heavy atom. The molecule has 1 unspecified atom stereocenters. The van der Waals surface area contributed by atoms with Gasteiger partial charge in [0.05, 0.1) is 15.5 Å². The molecule has 0 saturated heterocycles. The number of benzene rings is 1. The van der Waals surface area contributed by atoms with E-state index in [0.29, 0.717) is 22.4 Å². The zero-order valence-electron chi connectivity index (χ0n) is 9.77. The summed E-state index contributed by atoms with van der Waals surface area (Å²) in [5.41, 5.74) is 0.620. The lowest BCUT2D eigenvalue weighted by atomic mass is 10.2. The van der Waals surface area contributed by atoms with Crippen LogP contribution in [0.5, 0.6) is 0 Å². The van der Waals surface area contributed by atoms with Crippen LogP contribution in [-0.2, 0) is 6.54 Å². The highest BCUT2D eigenvalue weighted by atomic mass is 35.5. The van der Waals surface area contributed by atoms with Gasteiger partial charge in [0, 0.05) is 24.4 Å². The third kappa shape index (κ3) is 4.18. The number of hydrogen-bond acceptors (Lipinski definition) is 4. The van der Waals surface area contributed by atoms with Gasteiger partial charge in [-0.05, 0) is 12.3 Å². The topological polar surface area (TPSA) is 55.2 Å². The fraction of sp³-hybridized carbons (Fsp3) is 0.455. The molecule has 17 heavy (non-hydrogen) atoms. The number of nitro benzene ring substituents is 1. The first kappa shape index (κ1) is 14.3. The van der Waals surface area contributed by atoms with Gasteiger partial charge in [-0.25, -0.2) is 0 Å². The van der Waals surface area contributed by atoms with Crippen LogP contribution in [0.25, 0.3) is 0 Å². The van der Waals surface area contributed by atoms with E-state index in [1.165, 1.54) is 6.07 Å². The summed E-state index contributed by atoms with van der Waals surface area (Å²) in [5, 5.41) is 14.9. The minimum atomic E-state index is -0.402. The van der Waals surface area contributed by atoms with Gasteiger partial charge >= 0.3 is 0 Å². The summed E-state index contributed by atoms with van der Waals surface area (Å²) >= 11 is 7.72. The van der Waals surface area contributed by atoms with Crippen molar-refractivity contribution in [2.24, 2.45) is 0 Å². The first-order valence-corrected chi connectivity index (χ1v) is 6.88. The summed E-state index contributed by atoms with van der Waals surface area (Å²) in [7, 11) is 0. The molecule has 1 atom stereocenters. The molecule has 0 saturated carbocycles. The van der Waals surface area contributed by atoms with Gasteiger partial charge in [0.2, 0.25) is 0 Å². The van der Waals surface area contributed by atoms with E-state index < -0.39 is 4.92 Å². The molecule has 0 heterocycles. The molecule has 0 fully saturated rings. The Morgan fingerprint density at radius 1 is 1.59 bits per heavy atom. The Kier molecular flexibility index (Phi) is 5.74. The van der Waals surface area contributed by atoms with Crippen molar-refractivity contribution < 1.29 is 4.92 Å². The van der Waals surface area contributed by atoms with Crippen molar-refractivity contribution >= 4 is 29.1 Å². The fourth-order valence-electron chi connectivity index (χ4n) is 1.38. The molecule has 0 spiro atoms. The van der Waals surface area contributed by atoms with Crippen LogP contribution in [-0.4, -0.2) is 23.0 Å². The van der Waals surface area contributed by atoms with Crippen molar-refractivity contribution in [1.29, 1.82) is 0 Å². The van der Waals surface area contributed by atoms with Crippen molar-refractivity contribution in [2.45, 2.75) is 18.7 Å². The van der Waals surface area contributed by atoms with Gasteiger partial charge in [0.25, 0.3) is 5.69 Å². The normalized spacial score (nSPS) is 12.4. The first-order chi connectivity index (χ1) is 8.06. The van der Waals surface area contributed by atoms with Gasteiger partial charge < -0.3 is 5.32 Å². The van der Waals surface area contributed by atoms with Crippen molar-refractivity contribution in [3.63, 3.8) is 0 Å². The molecule has 0 aromatic heterocycles. The summed E-state index contributed by atoms with van der Waals surface area (Å²) in [6.45, 7) is 3.31. The van der Waals surface area contributed by atoms with E-state index in [2.05, 4.69) is 12.2 Å². The smallest absolute Gasteiger partial charge is 0.275 e. The second-order valence-electron chi connectivity index (χ2n) is 3.67. The number of nitrogens with zero attached hydrogens (tertiary/aromatic N) is 1. The summed E-state index contributed by atoms with van der Waals surface area (Å²) in [5.74, 6) is 0. The molecule has 0 aliphatic heterocycles. The van der Waals surface area contributed by atoms with Crippen LogP contribution in [0, 0.1) is 10.1 Å². The molecule has 94 valence electrons. The lowest BCUT2D eigenvalue weighted by Crippen LogP contribution is -2.22. The average molecular weight is 275 g/mol. The first-order valence-electron chi connectivity index (χ1n) is 5.21. The number of halogens is 1. The summed E-state index contributed by atoms with van der Waals surface area (Å²) in [6.07, 6.45) is 2.03. The monoisotopic (exact) mass is 274 g/mol. The predicted octanol–water partition coefficient (Wildman–Crippen LogP) is 3.09. The molecule has 0 radical (unpaired) electrons. The van der Waals surface area contributed by atoms with Crippen LogP contribution < -0.4 is 5.32 Å². The number of hydrogen-bond donors (Lipinski definition) is 1. The molecular formula is C11H15ClN2O2S. The molecule has 6 heteroatoms. The predicted molar refractivity (Wildman–Crippen MR) is 72.8 cm³/mol. The maximum absolute atomic E-state index is 10.8. The number of rotatable bonds is 6. The Balaban J connectivity index is 2.72. The van der Waals surface area contributed by atoms with Crippen LogP contribution >= 0.6 is 23.4 Å². The quantitative estimate of drug-likeness (QED) is 0.640. The Morgan fingerprint density at radius 2 is 2.29 bits per heavy atom. The van der Waals surface area contributed by atoms with Crippen molar-refractivity contribution in [1.82, 2.24) is 5.32 Å². The third-order valence-electron chi connectivity index (χ3n) is 2.43. The lowest BCUT2D eigenvalue weighted by Gasteiger charge is -2.10. The standard InChI is InChI=1S/C11H15ClN2O2S/c1-8(17-2)6-13-7-9-10(12)4-3-5-11(9)14(15)16/h3-5,8,13H,6-7H2,1-2H3. The molecular weight excluding hydrogens is 260 g/mol. The van der Waals surface area contributed by atoms with Crippen molar-refractivity contribution in [2.75, 3.05) is 12.8 Å². The van der Waals surface area contributed by atoms with Crippen LogP contribution in [0.1, 0.15) is 12.5 Å². The van der Waals surface area contributed by atoms with Crippen LogP contribution in [0.3, 0.4) is 0 Å². The SMILES string of the molecule is CSC(C)CNCc1c(Cl)cccc1[N+](=O)[O-]. The number of nitrogens with one attached hydrogen (secondary N) is 1. The van der Waals surface area contributed by atoms with E-state index in [0.717, 1.165) is 6.54 Å². The van der Waals surface area contributed by atoms with Gasteiger partial charge in [-0.2, -0.15) is 11.8 Å². The summed E-state index contributed by atoms with van der Waals surface area (Å²) < 4.78 is 0. The van der Waals surface area contributed by atoms with Gasteiger partial charge in [0.15, 0.2) is 0 Å². The highest BCUT2D eigenvalue weighted by Crippen LogP contribution is 2.25. The average Bonchev–Trinajstić information content (AvgIpc) is 2.30. The van der Waals surface area contributed by atoms with E-state index in [1.807, 2.05) is 6.26 Å². The van der Waals surface area contributed by atoms with E-state index in [1.54, 1.807) is 23.9 Å². The van der Waals surface area contributed by atoms with Crippen LogP contribution in [0.2, 0.25) is 5.02 Å². The summed E-state index contributed by atoms with van der Waals surface area (Å²) in [6, 6.07) is 4.74. The zero-order valence-corrected chi connectivity index (χ0v) is 11.3. The molecule has 0 bridgehead atoms. The fourth-order valence-corrected chi connectivity index (χ4v) is 1.90. The highest BCUT2D eigenvalue weighted by molar-refractivity contribution is 7.99. The Bertz CT molecular complexity index is 401. The van der Waals surface area contributed by atoms with Gasteiger partial charge in [0.1, 0.15) is 0 Å². The van der Waals surface area contributed by atoms with Gasteiger partial charge in [-0.3, -0.25) is 10.1 Å². The molecule has 1 aromatic carbocycles. The molecule has 4 nitrogen and oxygen atoms in total. The summed E-state index contributed by atoms with van der Waals surface area (Å²) in [4.78, 5) is 10.4.